The number of fused-ring (bicyclic) bond motifs is 1. The molecule has 0 fully saturated rings. The summed E-state index contributed by atoms with van der Waals surface area (Å²) < 4.78 is 12.0. The summed E-state index contributed by atoms with van der Waals surface area (Å²) in [6.45, 7) is 2.31. The van der Waals surface area contributed by atoms with Gasteiger partial charge >= 0.3 is 0 Å². The van der Waals surface area contributed by atoms with E-state index >= 15 is 0 Å². The zero-order valence-corrected chi connectivity index (χ0v) is 17.6. The van der Waals surface area contributed by atoms with E-state index in [4.69, 9.17) is 20.6 Å². The smallest absolute Gasteiger partial charge is 0.230 e. The quantitative estimate of drug-likeness (QED) is 0.208. The lowest BCUT2D eigenvalue weighted by molar-refractivity contribution is 0.120. The van der Waals surface area contributed by atoms with Crippen molar-refractivity contribution < 1.29 is 9.47 Å². The average molecular weight is 411 g/mol. The maximum absolute atomic E-state index is 7.55. The highest BCUT2D eigenvalue weighted by Gasteiger charge is 2.08. The van der Waals surface area contributed by atoms with Gasteiger partial charge in [-0.3, -0.25) is 5.41 Å². The number of ether oxygens (including phenoxy) is 2. The van der Waals surface area contributed by atoms with Crippen LogP contribution in [0.2, 0.25) is 0 Å². The van der Waals surface area contributed by atoms with E-state index in [2.05, 4.69) is 37.3 Å². The van der Waals surface area contributed by atoms with Gasteiger partial charge in [0, 0.05) is 10.9 Å². The van der Waals surface area contributed by atoms with E-state index in [1.807, 2.05) is 54.6 Å². The Morgan fingerprint density at radius 1 is 0.806 bits per heavy atom. The zero-order valence-electron chi connectivity index (χ0n) is 17.6. The summed E-state index contributed by atoms with van der Waals surface area (Å²) in [6.07, 6.45) is 1.94. The Kier molecular flexibility index (Phi) is 6.18. The number of rotatable bonds is 8. The second-order valence-corrected chi connectivity index (χ2v) is 7.45. The first-order valence-corrected chi connectivity index (χ1v) is 10.5. The first-order valence-electron chi connectivity index (χ1n) is 10.5. The fourth-order valence-electron chi connectivity index (χ4n) is 3.68. The molecule has 4 aromatic rings. The molecular formula is C27H26N2O2. The van der Waals surface area contributed by atoms with Crippen LogP contribution in [0.5, 0.6) is 11.5 Å². The van der Waals surface area contributed by atoms with Gasteiger partial charge in [-0.1, -0.05) is 80.1 Å². The maximum atomic E-state index is 7.55. The molecule has 3 N–H and O–H groups in total. The maximum Gasteiger partial charge on any atom is 0.230 e. The van der Waals surface area contributed by atoms with Gasteiger partial charge in [-0.2, -0.15) is 0 Å². The van der Waals surface area contributed by atoms with Crippen LogP contribution in [0.25, 0.3) is 21.9 Å². The van der Waals surface area contributed by atoms with Crippen LogP contribution in [-0.4, -0.2) is 12.6 Å². The predicted molar refractivity (Wildman–Crippen MR) is 127 cm³/mol. The Morgan fingerprint density at radius 3 is 2.29 bits per heavy atom. The molecule has 0 unspecified atom stereocenters. The summed E-state index contributed by atoms with van der Waals surface area (Å²) in [5, 5.41) is 9.77. The van der Waals surface area contributed by atoms with Crippen molar-refractivity contribution in [2.75, 3.05) is 6.79 Å². The van der Waals surface area contributed by atoms with Crippen LogP contribution in [0, 0.1) is 5.41 Å². The third-order valence-electron chi connectivity index (χ3n) is 5.29. The molecule has 0 aromatic heterocycles. The van der Waals surface area contributed by atoms with Gasteiger partial charge in [0.15, 0.2) is 0 Å². The number of nitrogen functional groups attached to an aromatic ring is 1. The van der Waals surface area contributed by atoms with Gasteiger partial charge in [0.05, 0.1) is 0 Å². The molecule has 156 valence electrons. The van der Waals surface area contributed by atoms with E-state index in [-0.39, 0.29) is 12.6 Å². The third kappa shape index (κ3) is 4.69. The highest BCUT2D eigenvalue weighted by molar-refractivity contribution is 5.95. The molecule has 0 radical (unpaired) electrons. The van der Waals surface area contributed by atoms with Gasteiger partial charge < -0.3 is 15.2 Å². The number of benzene rings is 4. The molecule has 0 aliphatic rings. The second kappa shape index (κ2) is 9.35. The lowest BCUT2D eigenvalue weighted by Gasteiger charge is -2.15. The van der Waals surface area contributed by atoms with Gasteiger partial charge in [-0.25, -0.2) is 0 Å². The molecule has 0 aliphatic carbocycles. The summed E-state index contributed by atoms with van der Waals surface area (Å²) in [5.74, 6) is 1.73. The summed E-state index contributed by atoms with van der Waals surface area (Å²) in [5.41, 5.74) is 9.63. The Morgan fingerprint density at radius 2 is 1.52 bits per heavy atom. The van der Waals surface area contributed by atoms with E-state index in [9.17, 15) is 0 Å². The van der Waals surface area contributed by atoms with Crippen LogP contribution < -0.4 is 15.2 Å². The van der Waals surface area contributed by atoms with Crippen LogP contribution in [0.3, 0.4) is 0 Å². The normalized spacial score (nSPS) is 10.7. The molecule has 0 heterocycles. The van der Waals surface area contributed by atoms with E-state index in [0.29, 0.717) is 0 Å². The standard InChI is InChI=1S/C27H26N2O2/c1-2-6-23-17-22(19-11-13-21(14-12-19)27(28)29)15-16-25(23)30-18-31-26-10-5-8-20-7-3-4-9-24(20)26/h3-5,7-17H,2,6,18H2,1H3,(H3,28,29). The SMILES string of the molecule is CCCc1cc(-c2ccc(C(=N)N)cc2)ccc1OCOc1cccc2ccccc12. The molecule has 0 atom stereocenters. The minimum Gasteiger partial charge on any atom is -0.457 e. The van der Waals surface area contributed by atoms with E-state index < -0.39 is 0 Å². The van der Waals surface area contributed by atoms with Crippen LogP contribution in [0.15, 0.2) is 84.9 Å². The van der Waals surface area contributed by atoms with Crippen LogP contribution in [0.1, 0.15) is 24.5 Å². The molecule has 0 saturated carbocycles. The highest BCUT2D eigenvalue weighted by Crippen LogP contribution is 2.29. The molecule has 4 heteroatoms. The van der Waals surface area contributed by atoms with E-state index in [1.54, 1.807) is 0 Å². The summed E-state index contributed by atoms with van der Waals surface area (Å²) in [6, 6.07) is 28.1. The van der Waals surface area contributed by atoms with Crippen LogP contribution >= 0.6 is 0 Å². The first-order chi connectivity index (χ1) is 15.2. The molecule has 0 spiro atoms. The van der Waals surface area contributed by atoms with Crippen molar-refractivity contribution in [3.05, 3.63) is 96.1 Å². The van der Waals surface area contributed by atoms with Crippen molar-refractivity contribution in [3.8, 4) is 22.6 Å². The van der Waals surface area contributed by atoms with Crippen molar-refractivity contribution >= 4 is 16.6 Å². The lowest BCUT2D eigenvalue weighted by Crippen LogP contribution is -2.10. The molecule has 31 heavy (non-hydrogen) atoms. The lowest BCUT2D eigenvalue weighted by atomic mass is 9.99. The Labute approximate surface area is 182 Å². The Hall–Kier alpha value is -3.79. The largest absolute Gasteiger partial charge is 0.457 e. The zero-order chi connectivity index (χ0) is 21.6. The molecule has 4 nitrogen and oxygen atoms in total. The van der Waals surface area contributed by atoms with Gasteiger partial charge in [0.1, 0.15) is 17.3 Å². The molecular weight excluding hydrogens is 384 g/mol. The number of amidine groups is 1. The topological polar surface area (TPSA) is 68.3 Å². The molecule has 0 saturated heterocycles. The predicted octanol–water partition coefficient (Wildman–Crippen LogP) is 6.16. The Balaban J connectivity index is 1.50. The Bertz CT molecular complexity index is 1190. The minimum atomic E-state index is 0.0770. The van der Waals surface area contributed by atoms with Crippen molar-refractivity contribution in [1.29, 1.82) is 5.41 Å². The van der Waals surface area contributed by atoms with E-state index in [1.165, 1.54) is 0 Å². The first kappa shape index (κ1) is 20.5. The molecule has 0 bridgehead atoms. The van der Waals surface area contributed by atoms with Crippen LogP contribution in [-0.2, 0) is 6.42 Å². The highest BCUT2D eigenvalue weighted by atomic mass is 16.7. The number of hydrogen-bond donors (Lipinski definition) is 2. The van der Waals surface area contributed by atoms with Gasteiger partial charge in [0.2, 0.25) is 6.79 Å². The van der Waals surface area contributed by atoms with Crippen molar-refractivity contribution in [2.24, 2.45) is 5.73 Å². The third-order valence-corrected chi connectivity index (χ3v) is 5.29. The fraction of sp³-hybridized carbons (Fsp3) is 0.148. The summed E-state index contributed by atoms with van der Waals surface area (Å²) >= 11 is 0. The second-order valence-electron chi connectivity index (χ2n) is 7.45. The summed E-state index contributed by atoms with van der Waals surface area (Å²) in [4.78, 5) is 0. The van der Waals surface area contributed by atoms with Gasteiger partial charge in [-0.15, -0.1) is 0 Å². The number of hydrogen-bond acceptors (Lipinski definition) is 3. The average Bonchev–Trinajstić information content (AvgIpc) is 2.80. The minimum absolute atomic E-state index is 0.0770. The monoisotopic (exact) mass is 410 g/mol. The molecule has 4 rings (SSSR count). The molecule has 4 aromatic carbocycles. The number of nitrogens with two attached hydrogens (primary N) is 1. The molecule has 0 amide bonds. The van der Waals surface area contributed by atoms with Crippen molar-refractivity contribution in [2.45, 2.75) is 19.8 Å². The van der Waals surface area contributed by atoms with Crippen molar-refractivity contribution in [1.82, 2.24) is 0 Å². The molecule has 0 aliphatic heterocycles. The fourth-order valence-corrected chi connectivity index (χ4v) is 3.68. The van der Waals surface area contributed by atoms with Crippen molar-refractivity contribution in [3.63, 3.8) is 0 Å². The van der Waals surface area contributed by atoms with Crippen LogP contribution in [0.4, 0.5) is 0 Å². The van der Waals surface area contributed by atoms with Gasteiger partial charge in [0.25, 0.3) is 0 Å². The number of nitrogens with one attached hydrogen (secondary N) is 1. The summed E-state index contributed by atoms with van der Waals surface area (Å²) in [7, 11) is 0. The van der Waals surface area contributed by atoms with Gasteiger partial charge in [-0.05, 0) is 46.7 Å². The number of aryl methyl sites for hydroxylation is 1. The van der Waals surface area contributed by atoms with E-state index in [0.717, 1.165) is 57.4 Å².